The number of carbonyl (C=O) groups excluding carboxylic acids is 4. The molecule has 178 valence electrons. The van der Waals surface area contributed by atoms with E-state index in [-0.39, 0.29) is 35.6 Å². The summed E-state index contributed by atoms with van der Waals surface area (Å²) in [5.74, 6) is -0.906. The summed E-state index contributed by atoms with van der Waals surface area (Å²) in [6, 6.07) is 12.3. The molecule has 34 heavy (non-hydrogen) atoms. The molecule has 0 radical (unpaired) electrons. The average Bonchev–Trinajstić information content (AvgIpc) is 3.15. The molecule has 4 rings (SSSR count). The van der Waals surface area contributed by atoms with Crippen LogP contribution in [0.3, 0.4) is 0 Å². The topological polar surface area (TPSA) is 102 Å². The molecule has 0 aromatic heterocycles. The number of hydrogen-bond acceptors (Lipinski definition) is 7. The van der Waals surface area contributed by atoms with E-state index in [0.717, 1.165) is 25.7 Å². The normalized spacial score (nSPS) is 18.7. The second-order valence-corrected chi connectivity index (χ2v) is 8.60. The molecule has 2 amide bonds. The van der Waals surface area contributed by atoms with Crippen molar-refractivity contribution >= 4 is 29.3 Å². The van der Waals surface area contributed by atoms with Gasteiger partial charge in [0.1, 0.15) is 5.75 Å². The summed E-state index contributed by atoms with van der Waals surface area (Å²) in [5.41, 5.74) is 1.04. The van der Waals surface area contributed by atoms with E-state index in [1.165, 1.54) is 30.6 Å². The first-order chi connectivity index (χ1) is 16.5. The fourth-order valence-electron chi connectivity index (χ4n) is 4.41. The number of anilines is 1. The first kappa shape index (κ1) is 23.6. The van der Waals surface area contributed by atoms with Gasteiger partial charge in [0.05, 0.1) is 30.8 Å². The van der Waals surface area contributed by atoms with Gasteiger partial charge in [-0.15, -0.1) is 0 Å². The van der Waals surface area contributed by atoms with Crippen LogP contribution in [-0.4, -0.2) is 49.4 Å². The number of Topliss-reactive ketones (excluding diaryl/α,β-unsaturated/α-hetero) is 1. The molecule has 2 aromatic rings. The Morgan fingerprint density at radius 3 is 2.24 bits per heavy atom. The molecule has 1 N–H and O–H groups in total. The molecule has 1 heterocycles. The minimum absolute atomic E-state index is 0.132. The number of methoxy groups -OCH3 is 1. The van der Waals surface area contributed by atoms with Crippen LogP contribution in [0.2, 0.25) is 0 Å². The summed E-state index contributed by atoms with van der Waals surface area (Å²) in [6.45, 7) is -0.398. The maximum absolute atomic E-state index is 12.9. The lowest BCUT2D eigenvalue weighted by molar-refractivity contribution is -0.121. The van der Waals surface area contributed by atoms with Crippen LogP contribution in [0.4, 0.5) is 5.69 Å². The molecule has 1 aliphatic heterocycles. The van der Waals surface area contributed by atoms with Crippen molar-refractivity contribution in [3.63, 3.8) is 0 Å². The maximum atomic E-state index is 12.9. The van der Waals surface area contributed by atoms with Crippen LogP contribution in [-0.2, 0) is 14.3 Å². The van der Waals surface area contributed by atoms with Crippen molar-refractivity contribution in [2.45, 2.75) is 50.6 Å². The van der Waals surface area contributed by atoms with E-state index in [1.54, 1.807) is 36.4 Å². The highest BCUT2D eigenvalue weighted by molar-refractivity contribution is 6.22. The molecule has 2 fully saturated rings. The number of ether oxygens (including phenoxy) is 2. The quantitative estimate of drug-likeness (QED) is 0.363. The van der Waals surface area contributed by atoms with Crippen molar-refractivity contribution in [1.29, 1.82) is 0 Å². The lowest BCUT2D eigenvalue weighted by atomic mass is 9.95. The maximum Gasteiger partial charge on any atom is 0.338 e. The van der Waals surface area contributed by atoms with E-state index in [1.807, 2.05) is 0 Å². The predicted molar refractivity (Wildman–Crippen MR) is 125 cm³/mol. The molecule has 8 heteroatoms. The number of ketones is 1. The third-order valence-corrected chi connectivity index (χ3v) is 6.30. The molecule has 1 saturated carbocycles. The van der Waals surface area contributed by atoms with Crippen molar-refractivity contribution in [3.8, 4) is 5.75 Å². The zero-order chi connectivity index (χ0) is 24.1. The molecule has 1 aliphatic carbocycles. The van der Waals surface area contributed by atoms with E-state index >= 15 is 0 Å². The molecule has 1 unspecified atom stereocenters. The molecule has 1 saturated heterocycles. The smallest absolute Gasteiger partial charge is 0.338 e. The molecule has 8 nitrogen and oxygen atoms in total. The number of hydrogen-bond donors (Lipinski definition) is 1. The lowest BCUT2D eigenvalue weighted by Crippen LogP contribution is -2.44. The number of nitrogens with one attached hydrogen (secondary N) is 1. The van der Waals surface area contributed by atoms with Gasteiger partial charge in [-0.2, -0.15) is 0 Å². The molecular weight excluding hydrogens is 436 g/mol. The number of esters is 1. The van der Waals surface area contributed by atoms with Crippen LogP contribution in [0.25, 0.3) is 0 Å². The first-order valence-electron chi connectivity index (χ1n) is 11.5. The van der Waals surface area contributed by atoms with Gasteiger partial charge in [-0.3, -0.25) is 14.4 Å². The molecule has 2 aromatic carbocycles. The summed E-state index contributed by atoms with van der Waals surface area (Å²) in [5, 5.41) is 3.35. The number of nitrogens with zero attached hydrogens (tertiary/aromatic N) is 1. The van der Waals surface area contributed by atoms with Crippen LogP contribution in [0.15, 0.2) is 48.5 Å². The van der Waals surface area contributed by atoms with E-state index in [4.69, 9.17) is 9.47 Å². The second-order valence-electron chi connectivity index (χ2n) is 8.60. The van der Waals surface area contributed by atoms with Gasteiger partial charge >= 0.3 is 5.97 Å². The standard InChI is InChI=1S/C26H28N2O6/c1-33-21-13-9-17(10-14-21)23(29)16-34-26(32)18-7-11-20(12-8-18)28-24(30)15-22(25(28)31)27-19-5-3-2-4-6-19/h7-14,19,22,27H,2-6,15-16H2,1H3. The van der Waals surface area contributed by atoms with Crippen LogP contribution in [0, 0.1) is 0 Å². The van der Waals surface area contributed by atoms with Gasteiger partial charge in [-0.25, -0.2) is 9.69 Å². The van der Waals surface area contributed by atoms with Gasteiger partial charge < -0.3 is 14.8 Å². The largest absolute Gasteiger partial charge is 0.497 e. The van der Waals surface area contributed by atoms with E-state index in [9.17, 15) is 19.2 Å². The Hall–Kier alpha value is -3.52. The zero-order valence-corrected chi connectivity index (χ0v) is 19.1. The fourth-order valence-corrected chi connectivity index (χ4v) is 4.41. The molecule has 0 spiro atoms. The average molecular weight is 465 g/mol. The Bertz CT molecular complexity index is 1060. The zero-order valence-electron chi connectivity index (χ0n) is 19.1. The fraction of sp³-hybridized carbons (Fsp3) is 0.385. The molecule has 0 bridgehead atoms. The minimum Gasteiger partial charge on any atom is -0.497 e. The number of imide groups is 1. The first-order valence-corrected chi connectivity index (χ1v) is 11.5. The third-order valence-electron chi connectivity index (χ3n) is 6.30. The number of amides is 2. The number of benzene rings is 2. The summed E-state index contributed by atoms with van der Waals surface area (Å²) in [4.78, 5) is 51.2. The van der Waals surface area contributed by atoms with Gasteiger partial charge in [0.25, 0.3) is 5.91 Å². The Kier molecular flexibility index (Phi) is 7.37. The Morgan fingerprint density at radius 2 is 1.59 bits per heavy atom. The Morgan fingerprint density at radius 1 is 0.941 bits per heavy atom. The van der Waals surface area contributed by atoms with Crippen molar-refractivity contribution in [2.24, 2.45) is 0 Å². The van der Waals surface area contributed by atoms with Gasteiger partial charge in [-0.1, -0.05) is 19.3 Å². The Balaban J connectivity index is 1.33. The van der Waals surface area contributed by atoms with E-state index < -0.39 is 18.6 Å². The highest BCUT2D eigenvalue weighted by atomic mass is 16.5. The number of carbonyl (C=O) groups is 4. The van der Waals surface area contributed by atoms with Crippen molar-refractivity contribution in [2.75, 3.05) is 18.6 Å². The van der Waals surface area contributed by atoms with Crippen molar-refractivity contribution in [1.82, 2.24) is 5.32 Å². The summed E-state index contributed by atoms with van der Waals surface area (Å²) >= 11 is 0. The molecule has 2 aliphatic rings. The Labute approximate surface area is 198 Å². The SMILES string of the molecule is COc1ccc(C(=O)COC(=O)c2ccc(N3C(=O)CC(NC4CCCCC4)C3=O)cc2)cc1. The monoisotopic (exact) mass is 464 g/mol. The van der Waals surface area contributed by atoms with Crippen molar-refractivity contribution < 1.29 is 28.7 Å². The highest BCUT2D eigenvalue weighted by Crippen LogP contribution is 2.26. The van der Waals surface area contributed by atoms with Crippen LogP contribution in [0.5, 0.6) is 5.75 Å². The minimum atomic E-state index is -0.663. The number of rotatable bonds is 8. The second kappa shape index (κ2) is 10.6. The summed E-state index contributed by atoms with van der Waals surface area (Å²) in [7, 11) is 1.53. The van der Waals surface area contributed by atoms with Crippen LogP contribution < -0.4 is 15.0 Å². The van der Waals surface area contributed by atoms with Crippen LogP contribution >= 0.6 is 0 Å². The lowest BCUT2D eigenvalue weighted by Gasteiger charge is -2.25. The third kappa shape index (κ3) is 5.34. The van der Waals surface area contributed by atoms with Gasteiger partial charge in [0, 0.05) is 11.6 Å². The predicted octanol–water partition coefficient (Wildman–Crippen LogP) is 3.29. The van der Waals surface area contributed by atoms with Gasteiger partial charge in [0.15, 0.2) is 12.4 Å². The molecule has 1 atom stereocenters. The van der Waals surface area contributed by atoms with E-state index in [0.29, 0.717) is 17.0 Å². The molecular formula is C26H28N2O6. The van der Waals surface area contributed by atoms with E-state index in [2.05, 4.69) is 5.32 Å². The van der Waals surface area contributed by atoms with Crippen LogP contribution in [0.1, 0.15) is 59.2 Å². The van der Waals surface area contributed by atoms with Gasteiger partial charge in [-0.05, 0) is 61.4 Å². The van der Waals surface area contributed by atoms with Crippen molar-refractivity contribution in [3.05, 3.63) is 59.7 Å². The summed E-state index contributed by atoms with van der Waals surface area (Å²) < 4.78 is 10.2. The highest BCUT2D eigenvalue weighted by Gasteiger charge is 2.40. The van der Waals surface area contributed by atoms with Gasteiger partial charge in [0.2, 0.25) is 5.91 Å². The summed E-state index contributed by atoms with van der Waals surface area (Å²) in [6.07, 6.45) is 5.67.